The zero-order valence-electron chi connectivity index (χ0n) is 15.9. The number of aliphatic hydroxyl groups excluding tert-OH is 1. The van der Waals surface area contributed by atoms with Gasteiger partial charge in [-0.15, -0.1) is 0 Å². The summed E-state index contributed by atoms with van der Waals surface area (Å²) < 4.78 is 5.49. The average molecular weight is 363 g/mol. The molecule has 4 atom stereocenters. The minimum Gasteiger partial charge on any atom is -0.480 e. The SMILES string of the molecule is C[C@@H](O)[C@H](C(=O)OC(C)(C)C)[C@H]1CC[C@@H](C(=O)O)N1Cc1ccccc1. The van der Waals surface area contributed by atoms with Crippen LogP contribution >= 0.6 is 0 Å². The molecular weight excluding hydrogens is 334 g/mol. The summed E-state index contributed by atoms with van der Waals surface area (Å²) in [6.07, 6.45) is 0.0398. The number of hydrogen-bond donors (Lipinski definition) is 2. The van der Waals surface area contributed by atoms with Crippen LogP contribution in [0, 0.1) is 5.92 Å². The highest BCUT2D eigenvalue weighted by molar-refractivity contribution is 5.76. The first-order valence-electron chi connectivity index (χ1n) is 9.03. The lowest BCUT2D eigenvalue weighted by Crippen LogP contribution is -2.49. The van der Waals surface area contributed by atoms with Gasteiger partial charge >= 0.3 is 11.9 Å². The third-order valence-corrected chi connectivity index (χ3v) is 4.67. The predicted molar refractivity (Wildman–Crippen MR) is 97.4 cm³/mol. The molecular formula is C20H29NO5. The van der Waals surface area contributed by atoms with Crippen LogP contribution in [0.4, 0.5) is 0 Å². The Morgan fingerprint density at radius 3 is 2.35 bits per heavy atom. The molecule has 1 aliphatic rings. The second-order valence-corrected chi connectivity index (χ2v) is 7.96. The molecule has 26 heavy (non-hydrogen) atoms. The number of carbonyl (C=O) groups is 2. The Hall–Kier alpha value is -1.92. The number of ether oxygens (including phenoxy) is 1. The first-order chi connectivity index (χ1) is 12.1. The predicted octanol–water partition coefficient (Wildman–Crippen LogP) is 2.44. The third-order valence-electron chi connectivity index (χ3n) is 4.67. The Kier molecular flexibility index (Phi) is 6.42. The largest absolute Gasteiger partial charge is 0.480 e. The number of carboxylic acid groups (broad SMARTS) is 1. The van der Waals surface area contributed by atoms with Crippen molar-refractivity contribution in [3.8, 4) is 0 Å². The van der Waals surface area contributed by atoms with Crippen molar-refractivity contribution < 1.29 is 24.5 Å². The van der Waals surface area contributed by atoms with Crippen molar-refractivity contribution in [3.63, 3.8) is 0 Å². The van der Waals surface area contributed by atoms with Gasteiger partial charge in [-0.25, -0.2) is 0 Å². The molecule has 0 unspecified atom stereocenters. The summed E-state index contributed by atoms with van der Waals surface area (Å²) in [6, 6.07) is 8.50. The summed E-state index contributed by atoms with van der Waals surface area (Å²) in [5.74, 6) is -2.18. The highest BCUT2D eigenvalue weighted by atomic mass is 16.6. The smallest absolute Gasteiger partial charge is 0.320 e. The van der Waals surface area contributed by atoms with Gasteiger partial charge in [-0.05, 0) is 46.1 Å². The van der Waals surface area contributed by atoms with E-state index in [2.05, 4.69) is 0 Å². The maximum Gasteiger partial charge on any atom is 0.320 e. The van der Waals surface area contributed by atoms with E-state index >= 15 is 0 Å². The molecule has 1 aromatic rings. The summed E-state index contributed by atoms with van der Waals surface area (Å²) in [5.41, 5.74) is 0.304. The van der Waals surface area contributed by atoms with Gasteiger partial charge < -0.3 is 14.9 Å². The second-order valence-electron chi connectivity index (χ2n) is 7.96. The maximum atomic E-state index is 12.7. The molecule has 0 radical (unpaired) electrons. The molecule has 144 valence electrons. The highest BCUT2D eigenvalue weighted by Crippen LogP contribution is 2.34. The molecule has 1 heterocycles. The molecule has 6 nitrogen and oxygen atoms in total. The molecule has 0 spiro atoms. The van der Waals surface area contributed by atoms with Crippen molar-refractivity contribution in [3.05, 3.63) is 35.9 Å². The van der Waals surface area contributed by atoms with Gasteiger partial charge in [0.25, 0.3) is 0 Å². The van der Waals surface area contributed by atoms with Crippen LogP contribution in [0.2, 0.25) is 0 Å². The number of carbonyl (C=O) groups excluding carboxylic acids is 1. The number of likely N-dealkylation sites (tertiary alicyclic amines) is 1. The number of rotatable bonds is 6. The standard InChI is InChI=1S/C20H29NO5/c1-13(22)17(19(25)26-20(2,3)4)15-10-11-16(18(23)24)21(15)12-14-8-6-5-7-9-14/h5-9,13,15-17,22H,10-12H2,1-4H3,(H,23,24)/t13-,15-,16+,17+/m1/s1. The van der Waals surface area contributed by atoms with E-state index < -0.39 is 35.6 Å². The molecule has 1 fully saturated rings. The summed E-state index contributed by atoms with van der Waals surface area (Å²) in [4.78, 5) is 26.2. The van der Waals surface area contributed by atoms with Gasteiger partial charge in [0.2, 0.25) is 0 Å². The van der Waals surface area contributed by atoms with Gasteiger partial charge in [-0.2, -0.15) is 0 Å². The molecule has 0 aromatic heterocycles. The number of benzene rings is 1. The number of carboxylic acids is 1. The van der Waals surface area contributed by atoms with Gasteiger partial charge in [0, 0.05) is 12.6 Å². The molecule has 0 bridgehead atoms. The van der Waals surface area contributed by atoms with E-state index in [1.807, 2.05) is 35.2 Å². The van der Waals surface area contributed by atoms with Gasteiger partial charge in [-0.1, -0.05) is 30.3 Å². The lowest BCUT2D eigenvalue weighted by molar-refractivity contribution is -0.168. The molecule has 2 N–H and O–H groups in total. The minimum absolute atomic E-state index is 0.383. The fourth-order valence-electron chi connectivity index (χ4n) is 3.61. The van der Waals surface area contributed by atoms with E-state index in [-0.39, 0.29) is 6.04 Å². The van der Waals surface area contributed by atoms with Gasteiger partial charge in [0.05, 0.1) is 12.0 Å². The molecule has 1 saturated heterocycles. The van der Waals surface area contributed by atoms with E-state index in [1.54, 1.807) is 27.7 Å². The van der Waals surface area contributed by atoms with E-state index in [0.717, 1.165) is 5.56 Å². The molecule has 1 aliphatic heterocycles. The van der Waals surface area contributed by atoms with Crippen molar-refractivity contribution in [2.45, 2.75) is 70.9 Å². The van der Waals surface area contributed by atoms with E-state index in [9.17, 15) is 19.8 Å². The fourth-order valence-corrected chi connectivity index (χ4v) is 3.61. The van der Waals surface area contributed by atoms with E-state index in [1.165, 1.54) is 0 Å². The zero-order valence-corrected chi connectivity index (χ0v) is 15.9. The van der Waals surface area contributed by atoms with Crippen LogP contribution in [0.15, 0.2) is 30.3 Å². The molecule has 2 rings (SSSR count). The highest BCUT2D eigenvalue weighted by Gasteiger charge is 2.46. The Labute approximate surface area is 154 Å². The Balaban J connectivity index is 2.29. The van der Waals surface area contributed by atoms with Crippen LogP contribution in [0.3, 0.4) is 0 Å². The second kappa shape index (κ2) is 8.18. The van der Waals surface area contributed by atoms with Crippen LogP contribution in [-0.2, 0) is 20.9 Å². The fraction of sp³-hybridized carbons (Fsp3) is 0.600. The number of hydrogen-bond acceptors (Lipinski definition) is 5. The molecule has 6 heteroatoms. The van der Waals surface area contributed by atoms with E-state index in [0.29, 0.717) is 19.4 Å². The average Bonchev–Trinajstić information content (AvgIpc) is 2.90. The maximum absolute atomic E-state index is 12.7. The van der Waals surface area contributed by atoms with Gasteiger partial charge in [0.1, 0.15) is 11.6 Å². The van der Waals surface area contributed by atoms with Crippen LogP contribution < -0.4 is 0 Å². The van der Waals surface area contributed by atoms with E-state index in [4.69, 9.17) is 4.74 Å². The van der Waals surface area contributed by atoms with Crippen LogP contribution in [0.25, 0.3) is 0 Å². The first-order valence-corrected chi connectivity index (χ1v) is 9.03. The number of aliphatic carboxylic acids is 1. The summed E-state index contributed by atoms with van der Waals surface area (Å²) >= 11 is 0. The van der Waals surface area contributed by atoms with Crippen LogP contribution in [0.1, 0.15) is 46.1 Å². The Bertz CT molecular complexity index is 623. The summed E-state index contributed by atoms with van der Waals surface area (Å²) in [6.45, 7) is 7.30. The number of esters is 1. The molecule has 0 saturated carbocycles. The summed E-state index contributed by atoms with van der Waals surface area (Å²) in [7, 11) is 0. The zero-order chi connectivity index (χ0) is 19.5. The van der Waals surface area contributed by atoms with Gasteiger partial charge in [0.15, 0.2) is 0 Å². The number of aliphatic hydroxyl groups is 1. The normalized spacial score (nSPS) is 23.4. The Morgan fingerprint density at radius 1 is 1.23 bits per heavy atom. The van der Waals surface area contributed by atoms with Crippen molar-refractivity contribution in [2.75, 3.05) is 0 Å². The topological polar surface area (TPSA) is 87.1 Å². The molecule has 1 aromatic carbocycles. The van der Waals surface area contributed by atoms with Crippen LogP contribution in [-0.4, -0.2) is 50.8 Å². The third kappa shape index (κ3) is 5.05. The van der Waals surface area contributed by atoms with Gasteiger partial charge in [-0.3, -0.25) is 14.5 Å². The minimum atomic E-state index is -0.930. The molecule has 0 aliphatic carbocycles. The van der Waals surface area contributed by atoms with Crippen molar-refractivity contribution in [2.24, 2.45) is 5.92 Å². The lowest BCUT2D eigenvalue weighted by atomic mass is 9.92. The molecule has 0 amide bonds. The lowest BCUT2D eigenvalue weighted by Gasteiger charge is -2.35. The monoisotopic (exact) mass is 363 g/mol. The first kappa shape index (κ1) is 20.4. The Morgan fingerprint density at radius 2 is 1.85 bits per heavy atom. The van der Waals surface area contributed by atoms with Crippen molar-refractivity contribution >= 4 is 11.9 Å². The van der Waals surface area contributed by atoms with Crippen LogP contribution in [0.5, 0.6) is 0 Å². The quantitative estimate of drug-likeness (QED) is 0.755. The number of nitrogens with zero attached hydrogens (tertiary/aromatic N) is 1. The van der Waals surface area contributed by atoms with Crippen molar-refractivity contribution in [1.29, 1.82) is 0 Å². The summed E-state index contributed by atoms with van der Waals surface area (Å²) in [5, 5.41) is 19.9. The van der Waals surface area contributed by atoms with Crippen molar-refractivity contribution in [1.82, 2.24) is 4.90 Å².